The van der Waals surface area contributed by atoms with Crippen LogP contribution in [0.4, 0.5) is 5.69 Å². The highest BCUT2D eigenvalue weighted by Crippen LogP contribution is 2.20. The van der Waals surface area contributed by atoms with Crippen molar-refractivity contribution in [1.29, 1.82) is 0 Å². The molecule has 1 heterocycles. The van der Waals surface area contributed by atoms with Gasteiger partial charge in [-0.05, 0) is 24.3 Å². The molecule has 1 amide bonds. The van der Waals surface area contributed by atoms with Gasteiger partial charge in [0.1, 0.15) is 5.75 Å². The third-order valence-corrected chi connectivity index (χ3v) is 2.86. The topological polar surface area (TPSA) is 88.2 Å². The van der Waals surface area contributed by atoms with Gasteiger partial charge < -0.3 is 16.2 Å². The van der Waals surface area contributed by atoms with Crippen LogP contribution in [-0.2, 0) is 0 Å². The van der Waals surface area contributed by atoms with E-state index in [-0.39, 0.29) is 17.9 Å². The van der Waals surface area contributed by atoms with E-state index in [9.17, 15) is 9.90 Å². The Kier molecular flexibility index (Phi) is 4.77. The Balaban J connectivity index is 2.21. The van der Waals surface area contributed by atoms with Gasteiger partial charge in [0.05, 0.1) is 23.3 Å². The summed E-state index contributed by atoms with van der Waals surface area (Å²) >= 11 is 6.01. The van der Waals surface area contributed by atoms with E-state index in [2.05, 4.69) is 22.1 Å². The predicted molar refractivity (Wildman–Crippen MR) is 81.2 cm³/mol. The third kappa shape index (κ3) is 3.96. The quantitative estimate of drug-likeness (QED) is 0.740. The lowest BCUT2D eigenvalue weighted by atomic mass is 10.2. The maximum Gasteiger partial charge on any atom is 0.257 e. The predicted octanol–water partition coefficient (Wildman–Crippen LogP) is 2.00. The molecule has 0 aliphatic rings. The van der Waals surface area contributed by atoms with Crippen molar-refractivity contribution >= 4 is 23.2 Å². The summed E-state index contributed by atoms with van der Waals surface area (Å²) in [5.41, 5.74) is 6.68. The van der Waals surface area contributed by atoms with Crippen LogP contribution in [0.15, 0.2) is 36.7 Å². The number of nitrogens with two attached hydrogens (primary N) is 1. The summed E-state index contributed by atoms with van der Waals surface area (Å²) in [6, 6.07) is 6.27. The van der Waals surface area contributed by atoms with Crippen LogP contribution in [0.5, 0.6) is 5.75 Å². The first-order valence-corrected chi connectivity index (χ1v) is 6.42. The van der Waals surface area contributed by atoms with Crippen LogP contribution in [0.1, 0.15) is 15.9 Å². The minimum atomic E-state index is -0.390. The van der Waals surface area contributed by atoms with Crippen LogP contribution in [0.2, 0.25) is 5.02 Å². The zero-order valence-corrected chi connectivity index (χ0v) is 11.7. The number of aromatic hydroxyl groups is 1. The highest BCUT2D eigenvalue weighted by molar-refractivity contribution is 6.31. The number of nitrogens with one attached hydrogen (secondary N) is 1. The Labute approximate surface area is 126 Å². The lowest BCUT2D eigenvalue weighted by Crippen LogP contribution is -2.12. The SMILES string of the molecule is NCC#Cc1cc(NC(=O)c2cncc(O)c2)ccc1Cl. The molecule has 0 radical (unpaired) electrons. The lowest BCUT2D eigenvalue weighted by Gasteiger charge is -2.06. The van der Waals surface area contributed by atoms with Crippen molar-refractivity contribution in [3.63, 3.8) is 0 Å². The van der Waals surface area contributed by atoms with Gasteiger partial charge in [0, 0.05) is 17.4 Å². The summed E-state index contributed by atoms with van der Waals surface area (Å²) in [4.78, 5) is 15.8. The first-order chi connectivity index (χ1) is 10.1. The highest BCUT2D eigenvalue weighted by Gasteiger charge is 2.08. The third-order valence-electron chi connectivity index (χ3n) is 2.54. The fraction of sp³-hybridized carbons (Fsp3) is 0.0667. The number of nitrogens with zero attached hydrogens (tertiary/aromatic N) is 1. The second-order valence-electron chi connectivity index (χ2n) is 4.09. The maximum absolute atomic E-state index is 12.0. The Morgan fingerprint density at radius 2 is 2.19 bits per heavy atom. The van der Waals surface area contributed by atoms with Crippen molar-refractivity contribution in [3.05, 3.63) is 52.8 Å². The first kappa shape index (κ1) is 14.9. The molecule has 0 saturated carbocycles. The van der Waals surface area contributed by atoms with E-state index in [1.807, 2.05) is 0 Å². The van der Waals surface area contributed by atoms with E-state index in [0.29, 0.717) is 16.3 Å². The summed E-state index contributed by atoms with van der Waals surface area (Å²) in [7, 11) is 0. The summed E-state index contributed by atoms with van der Waals surface area (Å²) in [6.45, 7) is 0.224. The normalized spacial score (nSPS) is 9.62. The number of hydrogen-bond donors (Lipinski definition) is 3. The summed E-state index contributed by atoms with van der Waals surface area (Å²) in [5.74, 6) is 5.06. The summed E-state index contributed by atoms with van der Waals surface area (Å²) in [6.07, 6.45) is 2.61. The number of aromatic nitrogens is 1. The second-order valence-corrected chi connectivity index (χ2v) is 4.49. The summed E-state index contributed by atoms with van der Waals surface area (Å²) < 4.78 is 0. The van der Waals surface area contributed by atoms with Gasteiger partial charge in [-0.2, -0.15) is 0 Å². The van der Waals surface area contributed by atoms with Crippen molar-refractivity contribution in [3.8, 4) is 17.6 Å². The zero-order valence-electron chi connectivity index (χ0n) is 10.9. The molecule has 106 valence electrons. The average molecular weight is 302 g/mol. The molecule has 1 aromatic heterocycles. The van der Waals surface area contributed by atoms with Crippen LogP contribution in [-0.4, -0.2) is 22.5 Å². The molecular formula is C15H12ClN3O2. The lowest BCUT2D eigenvalue weighted by molar-refractivity contribution is 0.102. The van der Waals surface area contributed by atoms with Crippen LogP contribution >= 0.6 is 11.6 Å². The molecule has 0 aliphatic carbocycles. The standard InChI is InChI=1S/C15H12ClN3O2/c16-14-4-3-12(6-10(14)2-1-5-17)19-15(21)11-7-13(20)9-18-8-11/h3-4,6-9,20H,5,17H2,(H,19,21). The monoisotopic (exact) mass is 301 g/mol. The average Bonchev–Trinajstić information content (AvgIpc) is 2.47. The Hall–Kier alpha value is -2.55. The van der Waals surface area contributed by atoms with Crippen LogP contribution in [0.25, 0.3) is 0 Å². The molecule has 0 saturated heterocycles. The molecule has 5 nitrogen and oxygen atoms in total. The van der Waals surface area contributed by atoms with Crippen LogP contribution in [0.3, 0.4) is 0 Å². The van der Waals surface area contributed by atoms with E-state index in [1.165, 1.54) is 18.5 Å². The van der Waals surface area contributed by atoms with Crippen molar-refractivity contribution in [2.45, 2.75) is 0 Å². The molecular weight excluding hydrogens is 290 g/mol. The molecule has 2 rings (SSSR count). The van der Waals surface area contributed by atoms with E-state index in [1.54, 1.807) is 18.2 Å². The Morgan fingerprint density at radius 3 is 2.90 bits per heavy atom. The van der Waals surface area contributed by atoms with Gasteiger partial charge >= 0.3 is 0 Å². The molecule has 1 aromatic carbocycles. The van der Waals surface area contributed by atoms with E-state index in [4.69, 9.17) is 17.3 Å². The zero-order chi connectivity index (χ0) is 15.2. The number of amides is 1. The Bertz CT molecular complexity index is 735. The fourth-order valence-electron chi connectivity index (χ4n) is 1.60. The highest BCUT2D eigenvalue weighted by atomic mass is 35.5. The van der Waals surface area contributed by atoms with Crippen LogP contribution in [0, 0.1) is 11.8 Å². The molecule has 0 unspecified atom stereocenters. The molecule has 0 aliphatic heterocycles. The number of benzene rings is 1. The van der Waals surface area contributed by atoms with Gasteiger partial charge in [-0.25, -0.2) is 0 Å². The van der Waals surface area contributed by atoms with Crippen molar-refractivity contribution in [2.75, 3.05) is 11.9 Å². The molecule has 6 heteroatoms. The molecule has 0 fully saturated rings. The number of rotatable bonds is 2. The molecule has 4 N–H and O–H groups in total. The van der Waals surface area contributed by atoms with Crippen molar-refractivity contribution in [2.24, 2.45) is 5.73 Å². The smallest absolute Gasteiger partial charge is 0.257 e. The van der Waals surface area contributed by atoms with E-state index in [0.717, 1.165) is 0 Å². The van der Waals surface area contributed by atoms with Gasteiger partial charge in [0.15, 0.2) is 0 Å². The van der Waals surface area contributed by atoms with E-state index >= 15 is 0 Å². The maximum atomic E-state index is 12.0. The number of pyridine rings is 1. The Morgan fingerprint density at radius 1 is 1.38 bits per heavy atom. The van der Waals surface area contributed by atoms with Crippen molar-refractivity contribution < 1.29 is 9.90 Å². The number of carbonyl (C=O) groups is 1. The molecule has 0 bridgehead atoms. The minimum Gasteiger partial charge on any atom is -0.506 e. The molecule has 0 atom stereocenters. The molecule has 0 spiro atoms. The van der Waals surface area contributed by atoms with E-state index < -0.39 is 5.91 Å². The number of halogens is 1. The van der Waals surface area contributed by atoms with Crippen LogP contribution < -0.4 is 11.1 Å². The number of hydrogen-bond acceptors (Lipinski definition) is 4. The minimum absolute atomic E-state index is 0.0757. The van der Waals surface area contributed by atoms with Gasteiger partial charge in [-0.3, -0.25) is 9.78 Å². The van der Waals surface area contributed by atoms with Gasteiger partial charge in [0.2, 0.25) is 0 Å². The van der Waals surface area contributed by atoms with Gasteiger partial charge in [-0.1, -0.05) is 23.4 Å². The van der Waals surface area contributed by atoms with Crippen molar-refractivity contribution in [1.82, 2.24) is 4.98 Å². The largest absolute Gasteiger partial charge is 0.506 e. The molecule has 2 aromatic rings. The fourth-order valence-corrected chi connectivity index (χ4v) is 1.77. The number of anilines is 1. The second kappa shape index (κ2) is 6.75. The molecule has 21 heavy (non-hydrogen) atoms. The van der Waals surface area contributed by atoms with Gasteiger partial charge in [-0.15, -0.1) is 0 Å². The summed E-state index contributed by atoms with van der Waals surface area (Å²) in [5, 5.41) is 12.5. The first-order valence-electron chi connectivity index (χ1n) is 6.04. The number of carbonyl (C=O) groups excluding carboxylic acids is 1. The van der Waals surface area contributed by atoms with Gasteiger partial charge in [0.25, 0.3) is 5.91 Å².